The largest absolute Gasteiger partial charge is 0.460 e. The van der Waals surface area contributed by atoms with Gasteiger partial charge in [0.1, 0.15) is 6.61 Å². The maximum Gasteiger partial charge on any atom is 0.417 e. The Balaban J connectivity index is 1.74. The highest BCUT2D eigenvalue weighted by molar-refractivity contribution is 5.91. The highest BCUT2D eigenvalue weighted by Gasteiger charge is 2.35. The number of aryl methyl sites for hydroxylation is 2. The van der Waals surface area contributed by atoms with E-state index in [1.165, 1.54) is 12.1 Å². The highest BCUT2D eigenvalue weighted by atomic mass is 19.4. The van der Waals surface area contributed by atoms with Gasteiger partial charge < -0.3 is 10.1 Å². The quantitative estimate of drug-likeness (QED) is 0.586. The summed E-state index contributed by atoms with van der Waals surface area (Å²) in [5, 5.41) is 2.58. The van der Waals surface area contributed by atoms with Crippen LogP contribution in [0, 0.1) is 6.92 Å². The summed E-state index contributed by atoms with van der Waals surface area (Å²) in [6.07, 6.45) is -3.79. The van der Waals surface area contributed by atoms with E-state index >= 15 is 0 Å². The van der Waals surface area contributed by atoms with E-state index in [0.29, 0.717) is 6.42 Å². The van der Waals surface area contributed by atoms with Crippen LogP contribution in [0.15, 0.2) is 48.5 Å². The third-order valence-corrected chi connectivity index (χ3v) is 3.87. The van der Waals surface area contributed by atoms with Gasteiger partial charge in [0.25, 0.3) is 0 Å². The van der Waals surface area contributed by atoms with Crippen LogP contribution in [0.4, 0.5) is 13.2 Å². The van der Waals surface area contributed by atoms with Gasteiger partial charge in [-0.3, -0.25) is 4.79 Å². The predicted molar refractivity (Wildman–Crippen MR) is 94.2 cm³/mol. The van der Waals surface area contributed by atoms with E-state index in [9.17, 15) is 22.8 Å². The summed E-state index contributed by atoms with van der Waals surface area (Å²) >= 11 is 0. The fourth-order valence-electron chi connectivity index (χ4n) is 2.42. The van der Waals surface area contributed by atoms with Crippen molar-refractivity contribution >= 4 is 11.9 Å². The number of benzene rings is 2. The lowest BCUT2D eigenvalue weighted by Gasteiger charge is -2.12. The molecular weight excluding hydrogens is 359 g/mol. The van der Waals surface area contributed by atoms with Crippen LogP contribution in [0.1, 0.15) is 33.5 Å². The average Bonchev–Trinajstić information content (AvgIpc) is 2.64. The second-order valence-electron chi connectivity index (χ2n) is 6.01. The Kier molecular flexibility index (Phi) is 6.98. The zero-order valence-corrected chi connectivity index (χ0v) is 14.8. The molecule has 0 saturated carbocycles. The minimum absolute atomic E-state index is 0.0344. The number of nitrogens with one attached hydrogen (secondary N) is 1. The number of rotatable bonds is 7. The number of ether oxygens (including phenoxy) is 1. The van der Waals surface area contributed by atoms with Crippen LogP contribution in [0.3, 0.4) is 0 Å². The number of hydrogen-bond acceptors (Lipinski definition) is 3. The van der Waals surface area contributed by atoms with Gasteiger partial charge >= 0.3 is 12.1 Å². The van der Waals surface area contributed by atoms with Crippen molar-refractivity contribution < 1.29 is 27.5 Å². The molecule has 0 radical (unpaired) electrons. The van der Waals surface area contributed by atoms with Crippen LogP contribution in [-0.2, 0) is 22.1 Å². The van der Waals surface area contributed by atoms with E-state index in [0.717, 1.165) is 23.3 Å². The first-order valence-electron chi connectivity index (χ1n) is 8.43. The first kappa shape index (κ1) is 20.5. The Bertz CT molecular complexity index is 786. The average molecular weight is 379 g/mol. The summed E-state index contributed by atoms with van der Waals surface area (Å²) in [5.74, 6) is -1.29. The van der Waals surface area contributed by atoms with E-state index in [-0.39, 0.29) is 25.5 Å². The van der Waals surface area contributed by atoms with Gasteiger partial charge in [0, 0.05) is 6.42 Å². The lowest BCUT2D eigenvalue weighted by Crippen LogP contribution is -2.28. The van der Waals surface area contributed by atoms with Gasteiger partial charge in [-0.15, -0.1) is 0 Å². The van der Waals surface area contributed by atoms with E-state index in [4.69, 9.17) is 4.74 Å². The van der Waals surface area contributed by atoms with E-state index in [1.807, 2.05) is 31.2 Å². The third kappa shape index (κ3) is 6.44. The minimum Gasteiger partial charge on any atom is -0.460 e. The fourth-order valence-corrected chi connectivity index (χ4v) is 2.42. The van der Waals surface area contributed by atoms with E-state index < -0.39 is 23.3 Å². The molecule has 0 aliphatic rings. The summed E-state index contributed by atoms with van der Waals surface area (Å²) in [7, 11) is 0. The zero-order chi connectivity index (χ0) is 19.9. The Morgan fingerprint density at radius 2 is 1.70 bits per heavy atom. The van der Waals surface area contributed by atoms with Crippen molar-refractivity contribution in [3.05, 3.63) is 70.8 Å². The van der Waals surface area contributed by atoms with Crippen molar-refractivity contribution in [2.75, 3.05) is 13.2 Å². The van der Waals surface area contributed by atoms with Gasteiger partial charge in [-0.25, -0.2) is 4.79 Å². The molecule has 0 bridgehead atoms. The monoisotopic (exact) mass is 379 g/mol. The van der Waals surface area contributed by atoms with Crippen LogP contribution in [0.25, 0.3) is 0 Å². The number of halogens is 3. The number of carbonyl (C=O) groups is 2. The standard InChI is InChI=1S/C20H20F3NO3/c1-14-6-8-15(9-7-14)10-11-18(25)24-12-13-27-19(26)16-4-2-3-5-17(16)20(21,22)23/h2-9H,10-13H2,1H3,(H,24,25). The van der Waals surface area contributed by atoms with Crippen LogP contribution < -0.4 is 5.32 Å². The van der Waals surface area contributed by atoms with Crippen molar-refractivity contribution in [2.45, 2.75) is 25.9 Å². The number of amides is 1. The topological polar surface area (TPSA) is 55.4 Å². The molecule has 0 aliphatic carbocycles. The molecule has 2 aromatic rings. The van der Waals surface area contributed by atoms with Gasteiger partial charge in [0.15, 0.2) is 0 Å². The van der Waals surface area contributed by atoms with Crippen LogP contribution in [0.5, 0.6) is 0 Å². The molecule has 0 unspecified atom stereocenters. The Morgan fingerprint density at radius 1 is 1.04 bits per heavy atom. The molecule has 144 valence electrons. The van der Waals surface area contributed by atoms with Crippen molar-refractivity contribution in [3.63, 3.8) is 0 Å². The zero-order valence-electron chi connectivity index (χ0n) is 14.8. The molecule has 1 N–H and O–H groups in total. The van der Waals surface area contributed by atoms with Gasteiger partial charge in [0.05, 0.1) is 17.7 Å². The number of esters is 1. The van der Waals surface area contributed by atoms with Crippen LogP contribution in [0.2, 0.25) is 0 Å². The van der Waals surface area contributed by atoms with Crippen molar-refractivity contribution in [1.82, 2.24) is 5.32 Å². The molecule has 0 aliphatic heterocycles. The normalized spacial score (nSPS) is 11.1. The van der Waals surface area contributed by atoms with Crippen molar-refractivity contribution in [3.8, 4) is 0 Å². The van der Waals surface area contributed by atoms with Gasteiger partial charge in [-0.05, 0) is 31.0 Å². The smallest absolute Gasteiger partial charge is 0.417 e. The maximum atomic E-state index is 12.9. The Morgan fingerprint density at radius 3 is 2.37 bits per heavy atom. The van der Waals surface area contributed by atoms with Crippen molar-refractivity contribution in [2.24, 2.45) is 0 Å². The Labute approximate surface area is 155 Å². The van der Waals surface area contributed by atoms with Crippen molar-refractivity contribution in [1.29, 1.82) is 0 Å². The molecule has 0 heterocycles. The molecule has 0 saturated heterocycles. The van der Waals surface area contributed by atoms with Gasteiger partial charge in [0.2, 0.25) is 5.91 Å². The Hall–Kier alpha value is -2.83. The molecule has 4 nitrogen and oxygen atoms in total. The molecule has 0 fully saturated rings. The summed E-state index contributed by atoms with van der Waals surface area (Å²) in [5.41, 5.74) is 0.580. The lowest BCUT2D eigenvalue weighted by molar-refractivity contribution is -0.138. The minimum atomic E-state index is -4.64. The summed E-state index contributed by atoms with van der Waals surface area (Å²) in [6, 6.07) is 12.2. The molecule has 27 heavy (non-hydrogen) atoms. The fraction of sp³-hybridized carbons (Fsp3) is 0.300. The molecule has 2 aromatic carbocycles. The van der Waals surface area contributed by atoms with E-state index in [1.54, 1.807) is 0 Å². The first-order valence-corrected chi connectivity index (χ1v) is 8.43. The molecule has 0 atom stereocenters. The molecule has 0 spiro atoms. The second-order valence-corrected chi connectivity index (χ2v) is 6.01. The van der Waals surface area contributed by atoms with Crippen LogP contribution >= 0.6 is 0 Å². The first-order chi connectivity index (χ1) is 12.8. The summed E-state index contributed by atoms with van der Waals surface area (Å²) in [6.45, 7) is 1.80. The van der Waals surface area contributed by atoms with E-state index in [2.05, 4.69) is 5.32 Å². The molecular formula is C20H20F3NO3. The van der Waals surface area contributed by atoms with Gasteiger partial charge in [-0.2, -0.15) is 13.2 Å². The molecule has 0 aromatic heterocycles. The molecule has 1 amide bonds. The second kappa shape index (κ2) is 9.21. The number of carbonyl (C=O) groups excluding carboxylic acids is 2. The number of hydrogen-bond donors (Lipinski definition) is 1. The maximum absolute atomic E-state index is 12.9. The number of alkyl halides is 3. The molecule has 2 rings (SSSR count). The van der Waals surface area contributed by atoms with Gasteiger partial charge in [-0.1, -0.05) is 42.0 Å². The molecule has 7 heteroatoms. The lowest BCUT2D eigenvalue weighted by atomic mass is 10.1. The third-order valence-electron chi connectivity index (χ3n) is 3.87. The summed E-state index contributed by atoms with van der Waals surface area (Å²) < 4.78 is 43.5. The SMILES string of the molecule is Cc1ccc(CCC(=O)NCCOC(=O)c2ccccc2C(F)(F)F)cc1. The predicted octanol–water partition coefficient (Wildman–Crippen LogP) is 3.92. The van der Waals surface area contributed by atoms with Crippen LogP contribution in [-0.4, -0.2) is 25.0 Å². The summed E-state index contributed by atoms with van der Waals surface area (Å²) in [4.78, 5) is 23.6. The highest BCUT2D eigenvalue weighted by Crippen LogP contribution is 2.32.